The minimum atomic E-state index is 0.107. The molecule has 0 bridgehead atoms. The van der Waals surface area contributed by atoms with E-state index < -0.39 is 0 Å². The molecule has 7 nitrogen and oxygen atoms in total. The Morgan fingerprint density at radius 3 is 2.61 bits per heavy atom. The van der Waals surface area contributed by atoms with E-state index in [-0.39, 0.29) is 5.41 Å². The first kappa shape index (κ1) is 19.4. The Labute approximate surface area is 187 Å². The number of imidazole rings is 1. The number of hydrogen-bond acceptors (Lipinski definition) is 7. The van der Waals surface area contributed by atoms with E-state index in [0.29, 0.717) is 0 Å². The van der Waals surface area contributed by atoms with Gasteiger partial charge in [-0.25, -0.2) is 19.9 Å². The van der Waals surface area contributed by atoms with Crippen LogP contribution in [0.15, 0.2) is 30.0 Å². The lowest BCUT2D eigenvalue weighted by Crippen LogP contribution is -2.52. The maximum atomic E-state index is 5.21. The van der Waals surface area contributed by atoms with Crippen LogP contribution < -0.4 is 4.90 Å². The zero-order chi connectivity index (χ0) is 20.8. The smallest absolute Gasteiger partial charge is 0.225 e. The highest BCUT2D eigenvalue weighted by Crippen LogP contribution is 2.43. The number of fused-ring (bicyclic) bond motifs is 2. The fraction of sp³-hybridized carbons (Fsp3) is 0.565. The van der Waals surface area contributed by atoms with E-state index in [4.69, 9.17) is 4.98 Å². The molecule has 0 N–H and O–H groups in total. The molecule has 1 aliphatic carbocycles. The van der Waals surface area contributed by atoms with Crippen molar-refractivity contribution in [2.24, 2.45) is 5.92 Å². The van der Waals surface area contributed by atoms with E-state index in [1.165, 1.54) is 35.1 Å². The molecule has 0 unspecified atom stereocenters. The second kappa shape index (κ2) is 7.67. The number of aromatic nitrogens is 5. The van der Waals surface area contributed by atoms with Crippen LogP contribution in [0, 0.1) is 12.8 Å². The molecule has 0 aromatic carbocycles. The van der Waals surface area contributed by atoms with Crippen LogP contribution in [0.25, 0.3) is 0 Å². The minimum absolute atomic E-state index is 0.107. The molecule has 6 rings (SSSR count). The average Bonchev–Trinajstić information content (AvgIpc) is 3.37. The Morgan fingerprint density at radius 1 is 1.10 bits per heavy atom. The van der Waals surface area contributed by atoms with Crippen molar-refractivity contribution >= 4 is 17.3 Å². The second-order valence-electron chi connectivity index (χ2n) is 9.40. The number of rotatable bonds is 5. The molecule has 3 aromatic heterocycles. The van der Waals surface area contributed by atoms with Gasteiger partial charge >= 0.3 is 0 Å². The SMILES string of the molecule is Cc1nc2c(n1CC1CC1)CN(Cc1nccs1)CC21CCN(c2ncccn2)CC1. The van der Waals surface area contributed by atoms with Gasteiger partial charge in [-0.2, -0.15) is 0 Å². The third kappa shape index (κ3) is 3.65. The Morgan fingerprint density at radius 2 is 1.90 bits per heavy atom. The van der Waals surface area contributed by atoms with Gasteiger partial charge < -0.3 is 9.47 Å². The molecular weight excluding hydrogens is 406 g/mol. The summed E-state index contributed by atoms with van der Waals surface area (Å²) in [6.45, 7) is 8.26. The van der Waals surface area contributed by atoms with E-state index in [0.717, 1.165) is 64.0 Å². The molecule has 5 heterocycles. The molecule has 0 amide bonds. The van der Waals surface area contributed by atoms with Gasteiger partial charge in [-0.05, 0) is 44.6 Å². The molecule has 0 atom stereocenters. The third-order valence-corrected chi connectivity index (χ3v) is 7.97. The second-order valence-corrected chi connectivity index (χ2v) is 10.4. The highest BCUT2D eigenvalue weighted by molar-refractivity contribution is 7.09. The highest BCUT2D eigenvalue weighted by atomic mass is 32.1. The van der Waals surface area contributed by atoms with Crippen molar-refractivity contribution in [3.05, 3.63) is 52.3 Å². The number of hydrogen-bond donors (Lipinski definition) is 0. The van der Waals surface area contributed by atoms with Crippen molar-refractivity contribution in [2.75, 3.05) is 24.5 Å². The van der Waals surface area contributed by atoms with E-state index >= 15 is 0 Å². The monoisotopic (exact) mass is 435 g/mol. The van der Waals surface area contributed by atoms with Crippen molar-refractivity contribution in [3.63, 3.8) is 0 Å². The average molecular weight is 436 g/mol. The fourth-order valence-electron chi connectivity index (χ4n) is 5.38. The van der Waals surface area contributed by atoms with E-state index in [1.54, 1.807) is 11.3 Å². The molecule has 3 aliphatic rings. The molecule has 162 valence electrons. The minimum Gasteiger partial charge on any atom is -0.341 e. The molecule has 2 fully saturated rings. The van der Waals surface area contributed by atoms with Gasteiger partial charge in [-0.1, -0.05) is 0 Å². The summed E-state index contributed by atoms with van der Waals surface area (Å²) >= 11 is 1.76. The van der Waals surface area contributed by atoms with Crippen molar-refractivity contribution in [1.29, 1.82) is 0 Å². The molecule has 8 heteroatoms. The van der Waals surface area contributed by atoms with Gasteiger partial charge in [-0.15, -0.1) is 11.3 Å². The first-order valence-corrected chi connectivity index (χ1v) is 12.3. The van der Waals surface area contributed by atoms with Crippen molar-refractivity contribution in [2.45, 2.75) is 57.7 Å². The summed E-state index contributed by atoms with van der Waals surface area (Å²) in [4.78, 5) is 23.7. The van der Waals surface area contributed by atoms with E-state index in [1.807, 2.05) is 24.7 Å². The van der Waals surface area contributed by atoms with Gasteiger partial charge in [0, 0.05) is 62.1 Å². The number of nitrogens with zero attached hydrogens (tertiary/aromatic N) is 7. The standard InChI is InChI=1S/C23H29N7S/c1-17-27-21-19(30(17)13-18-3-4-18)14-28(15-20-24-9-12-31-20)16-23(21)5-10-29(11-6-23)22-25-7-2-8-26-22/h2,7-9,12,18H,3-6,10-11,13-16H2,1H3. The van der Waals surface area contributed by atoms with Gasteiger partial charge in [0.1, 0.15) is 10.8 Å². The first-order valence-electron chi connectivity index (χ1n) is 11.4. The van der Waals surface area contributed by atoms with Crippen LogP contribution in [0.5, 0.6) is 0 Å². The van der Waals surface area contributed by atoms with E-state index in [9.17, 15) is 0 Å². The topological polar surface area (TPSA) is 63.0 Å². The molecule has 1 saturated heterocycles. The summed E-state index contributed by atoms with van der Waals surface area (Å²) in [5.74, 6) is 2.89. The number of thiazole rings is 1. The summed E-state index contributed by atoms with van der Waals surface area (Å²) in [5, 5.41) is 3.29. The number of anilines is 1. The number of aryl methyl sites for hydroxylation is 1. The van der Waals surface area contributed by atoms with Crippen LogP contribution in [0.3, 0.4) is 0 Å². The fourth-order valence-corrected chi connectivity index (χ4v) is 6.04. The Kier molecular flexibility index (Phi) is 4.79. The van der Waals surface area contributed by atoms with Gasteiger partial charge in [0.2, 0.25) is 5.95 Å². The Hall–Kier alpha value is -2.32. The van der Waals surface area contributed by atoms with E-state index in [2.05, 4.69) is 41.6 Å². The highest BCUT2D eigenvalue weighted by Gasteiger charge is 2.46. The lowest BCUT2D eigenvalue weighted by Gasteiger charge is -2.46. The number of piperidine rings is 1. The van der Waals surface area contributed by atoms with Gasteiger partial charge in [-0.3, -0.25) is 4.90 Å². The van der Waals surface area contributed by atoms with Gasteiger partial charge in [0.15, 0.2) is 0 Å². The lowest BCUT2D eigenvalue weighted by molar-refractivity contribution is 0.138. The Bertz CT molecular complexity index is 1030. The van der Waals surface area contributed by atoms with Crippen LogP contribution in [0.1, 0.15) is 47.9 Å². The van der Waals surface area contributed by atoms with Gasteiger partial charge in [0.25, 0.3) is 0 Å². The molecule has 1 saturated carbocycles. The largest absolute Gasteiger partial charge is 0.341 e. The lowest BCUT2D eigenvalue weighted by atomic mass is 9.72. The summed E-state index contributed by atoms with van der Waals surface area (Å²) in [5.41, 5.74) is 2.93. The Balaban J connectivity index is 1.31. The summed E-state index contributed by atoms with van der Waals surface area (Å²) < 4.78 is 2.54. The molecule has 2 aliphatic heterocycles. The van der Waals surface area contributed by atoms with Crippen LogP contribution >= 0.6 is 11.3 Å². The predicted octanol–water partition coefficient (Wildman–Crippen LogP) is 3.40. The quantitative estimate of drug-likeness (QED) is 0.612. The van der Waals surface area contributed by atoms with Crippen LogP contribution in [-0.2, 0) is 25.0 Å². The summed E-state index contributed by atoms with van der Waals surface area (Å²) in [6.07, 6.45) is 10.5. The summed E-state index contributed by atoms with van der Waals surface area (Å²) in [6, 6.07) is 1.88. The van der Waals surface area contributed by atoms with Crippen molar-refractivity contribution < 1.29 is 0 Å². The summed E-state index contributed by atoms with van der Waals surface area (Å²) in [7, 11) is 0. The zero-order valence-electron chi connectivity index (χ0n) is 18.1. The third-order valence-electron chi connectivity index (χ3n) is 7.20. The molecule has 3 aromatic rings. The van der Waals surface area contributed by atoms with Gasteiger partial charge in [0.05, 0.1) is 17.9 Å². The zero-order valence-corrected chi connectivity index (χ0v) is 18.9. The van der Waals surface area contributed by atoms with Crippen molar-refractivity contribution in [3.8, 4) is 0 Å². The van der Waals surface area contributed by atoms with Crippen LogP contribution in [-0.4, -0.2) is 49.0 Å². The predicted molar refractivity (Wildman–Crippen MR) is 121 cm³/mol. The maximum Gasteiger partial charge on any atom is 0.225 e. The normalized spacial score (nSPS) is 20.9. The van der Waals surface area contributed by atoms with Crippen LogP contribution in [0.2, 0.25) is 0 Å². The molecule has 1 spiro atoms. The van der Waals surface area contributed by atoms with Crippen molar-refractivity contribution in [1.82, 2.24) is 29.4 Å². The molecule has 0 radical (unpaired) electrons. The first-order chi connectivity index (χ1) is 15.2. The maximum absolute atomic E-state index is 5.21. The molecular formula is C23H29N7S. The van der Waals surface area contributed by atoms with Crippen LogP contribution in [0.4, 0.5) is 5.95 Å². The molecule has 31 heavy (non-hydrogen) atoms.